The van der Waals surface area contributed by atoms with Crippen LogP contribution in [0.5, 0.6) is 0 Å². The van der Waals surface area contributed by atoms with Crippen LogP contribution in [0.4, 0.5) is 5.69 Å². The van der Waals surface area contributed by atoms with Gasteiger partial charge in [-0.2, -0.15) is 0 Å². The van der Waals surface area contributed by atoms with Gasteiger partial charge in [-0.15, -0.1) is 0 Å². The molecule has 0 spiro atoms. The number of imide groups is 1. The van der Waals surface area contributed by atoms with Crippen molar-refractivity contribution in [1.29, 1.82) is 0 Å². The Kier molecular flexibility index (Phi) is 6.77. The zero-order chi connectivity index (χ0) is 28.1. The quantitative estimate of drug-likeness (QED) is 0.584. The molecule has 0 saturated carbocycles. The Morgan fingerprint density at radius 2 is 1.49 bits per heavy atom. The van der Waals surface area contributed by atoms with Gasteiger partial charge in [0.1, 0.15) is 6.04 Å². The molecule has 3 saturated heterocycles. The maximum atomic E-state index is 13.5. The molecule has 4 amide bonds. The lowest BCUT2D eigenvalue weighted by Crippen LogP contribution is -2.52. The van der Waals surface area contributed by atoms with Crippen molar-refractivity contribution in [3.8, 4) is 0 Å². The monoisotopic (exact) mass is 555 g/mol. The van der Waals surface area contributed by atoms with E-state index in [-0.39, 0.29) is 30.1 Å². The predicted molar refractivity (Wildman–Crippen MR) is 153 cm³/mol. The minimum Gasteiger partial charge on any atom is -0.371 e. The van der Waals surface area contributed by atoms with Crippen LogP contribution >= 0.6 is 0 Å². The highest BCUT2D eigenvalue weighted by Crippen LogP contribution is 2.35. The molecular weight excluding hydrogens is 518 g/mol. The van der Waals surface area contributed by atoms with Gasteiger partial charge in [0.15, 0.2) is 0 Å². The van der Waals surface area contributed by atoms with Crippen LogP contribution in [0.3, 0.4) is 0 Å². The number of fused-ring (bicyclic) bond motifs is 2. The van der Waals surface area contributed by atoms with E-state index in [1.54, 1.807) is 4.90 Å². The number of para-hydroxylation sites is 1. The molecule has 9 heteroatoms. The van der Waals surface area contributed by atoms with Gasteiger partial charge in [0.05, 0.1) is 0 Å². The van der Waals surface area contributed by atoms with Crippen molar-refractivity contribution in [2.75, 3.05) is 31.1 Å². The number of nitrogens with zero attached hydrogens (tertiary/aromatic N) is 4. The normalized spacial score (nSPS) is 24.0. The summed E-state index contributed by atoms with van der Waals surface area (Å²) in [5.41, 5.74) is 4.95. The fourth-order valence-electron chi connectivity index (χ4n) is 7.53. The van der Waals surface area contributed by atoms with Gasteiger partial charge in [-0.25, -0.2) is 0 Å². The largest absolute Gasteiger partial charge is 0.371 e. The van der Waals surface area contributed by atoms with Crippen molar-refractivity contribution in [2.45, 2.75) is 70.2 Å². The number of hydrogen-bond acceptors (Lipinski definition) is 6. The number of anilines is 1. The number of carbonyl (C=O) groups is 4. The van der Waals surface area contributed by atoms with E-state index < -0.39 is 11.9 Å². The maximum Gasteiger partial charge on any atom is 0.255 e. The van der Waals surface area contributed by atoms with Gasteiger partial charge < -0.3 is 19.6 Å². The molecule has 0 aromatic heterocycles. The molecule has 0 bridgehead atoms. The highest BCUT2D eigenvalue weighted by molar-refractivity contribution is 6.05. The van der Waals surface area contributed by atoms with Gasteiger partial charge in [-0.05, 0) is 80.1 Å². The van der Waals surface area contributed by atoms with Gasteiger partial charge in [-0.3, -0.25) is 24.5 Å². The lowest BCUT2D eigenvalue weighted by molar-refractivity contribution is -0.138. The van der Waals surface area contributed by atoms with E-state index >= 15 is 0 Å². The molecule has 1 N–H and O–H groups in total. The van der Waals surface area contributed by atoms with E-state index in [0.29, 0.717) is 37.7 Å². The Morgan fingerprint density at radius 3 is 2.20 bits per heavy atom. The summed E-state index contributed by atoms with van der Waals surface area (Å²) in [5.74, 6) is -0.550. The summed E-state index contributed by atoms with van der Waals surface area (Å²) in [5, 5.41) is 2.36. The van der Waals surface area contributed by atoms with E-state index in [0.717, 1.165) is 55.7 Å². The Labute approximate surface area is 240 Å². The number of carbonyl (C=O) groups excluding carboxylic acids is 4. The first-order valence-corrected chi connectivity index (χ1v) is 15.1. The number of rotatable bonds is 4. The third-order valence-electron chi connectivity index (χ3n) is 9.86. The summed E-state index contributed by atoms with van der Waals surface area (Å²) < 4.78 is 0. The lowest BCUT2D eigenvalue weighted by atomic mass is 9.92. The van der Waals surface area contributed by atoms with Crippen LogP contribution < -0.4 is 10.2 Å². The molecule has 5 aliphatic rings. The molecule has 41 heavy (non-hydrogen) atoms. The Morgan fingerprint density at radius 1 is 0.780 bits per heavy atom. The second-order valence-corrected chi connectivity index (χ2v) is 12.2. The number of likely N-dealkylation sites (tertiary alicyclic amines) is 1. The van der Waals surface area contributed by atoms with Crippen LogP contribution in [0.25, 0.3) is 0 Å². The molecule has 5 heterocycles. The predicted octanol–water partition coefficient (Wildman–Crippen LogP) is 2.67. The first-order valence-electron chi connectivity index (χ1n) is 15.1. The SMILES string of the molecule is O=C1CCC(N2Cc3cc4c(cc3C2=O)CN(C(=O)C2CCN(C3CCN(c5ccccc5)CC3)CC2)C4)C(=O)N1. The van der Waals surface area contributed by atoms with E-state index in [4.69, 9.17) is 0 Å². The smallest absolute Gasteiger partial charge is 0.255 e. The fourth-order valence-corrected chi connectivity index (χ4v) is 7.53. The van der Waals surface area contributed by atoms with Crippen molar-refractivity contribution in [3.63, 3.8) is 0 Å². The van der Waals surface area contributed by atoms with E-state index in [1.165, 1.54) is 18.5 Å². The van der Waals surface area contributed by atoms with Crippen LogP contribution in [0.15, 0.2) is 42.5 Å². The number of benzene rings is 2. The first kappa shape index (κ1) is 26.2. The summed E-state index contributed by atoms with van der Waals surface area (Å²) in [6, 6.07) is 14.6. The molecule has 0 radical (unpaired) electrons. The molecule has 2 aromatic carbocycles. The summed E-state index contributed by atoms with van der Waals surface area (Å²) in [4.78, 5) is 59.3. The molecule has 9 nitrogen and oxygen atoms in total. The summed E-state index contributed by atoms with van der Waals surface area (Å²) in [7, 11) is 0. The second kappa shape index (κ2) is 10.6. The molecule has 3 fully saturated rings. The zero-order valence-corrected chi connectivity index (χ0v) is 23.4. The van der Waals surface area contributed by atoms with Crippen molar-refractivity contribution in [2.24, 2.45) is 5.92 Å². The lowest BCUT2D eigenvalue weighted by Gasteiger charge is -2.42. The summed E-state index contributed by atoms with van der Waals surface area (Å²) in [6.45, 7) is 5.59. The minimum atomic E-state index is -0.609. The first-order chi connectivity index (χ1) is 19.9. The molecule has 1 atom stereocenters. The Balaban J connectivity index is 0.924. The molecule has 214 valence electrons. The van der Waals surface area contributed by atoms with Crippen LogP contribution in [-0.2, 0) is 34.0 Å². The average Bonchev–Trinajstić information content (AvgIpc) is 3.56. The van der Waals surface area contributed by atoms with Crippen LogP contribution in [0, 0.1) is 5.92 Å². The molecule has 1 unspecified atom stereocenters. The van der Waals surface area contributed by atoms with Gasteiger partial charge in [0, 0.05) is 62.4 Å². The third-order valence-corrected chi connectivity index (χ3v) is 9.86. The van der Waals surface area contributed by atoms with Crippen molar-refractivity contribution in [3.05, 3.63) is 64.7 Å². The minimum absolute atomic E-state index is 0.0569. The van der Waals surface area contributed by atoms with Crippen LogP contribution in [-0.4, -0.2) is 76.6 Å². The number of nitrogens with one attached hydrogen (secondary N) is 1. The van der Waals surface area contributed by atoms with Crippen LogP contribution in [0.2, 0.25) is 0 Å². The van der Waals surface area contributed by atoms with Crippen LogP contribution in [0.1, 0.15) is 65.6 Å². The number of amides is 4. The van der Waals surface area contributed by atoms with Crippen molar-refractivity contribution >= 4 is 29.3 Å². The highest BCUT2D eigenvalue weighted by atomic mass is 16.2. The fraction of sp³-hybridized carbons (Fsp3) is 0.500. The topological polar surface area (TPSA) is 93.3 Å². The molecule has 0 aliphatic carbocycles. The summed E-state index contributed by atoms with van der Waals surface area (Å²) in [6.07, 6.45) is 4.74. The average molecular weight is 556 g/mol. The van der Waals surface area contributed by atoms with E-state index in [2.05, 4.69) is 45.4 Å². The van der Waals surface area contributed by atoms with E-state index in [9.17, 15) is 19.2 Å². The number of hydrogen-bond donors (Lipinski definition) is 1. The standard InChI is InChI=1S/C32H37N5O4/c38-29-7-6-28(30(39)33-29)37-20-24-16-22-18-36(19-23(22)17-27(24)32(37)41)31(40)21-8-12-34(13-9-21)26-10-14-35(15-11-26)25-4-2-1-3-5-25/h1-5,16-17,21,26,28H,6-15,18-20H2,(H,33,38,39). The molecule has 2 aromatic rings. The second-order valence-electron chi connectivity index (χ2n) is 12.2. The van der Waals surface area contributed by atoms with Crippen molar-refractivity contribution in [1.82, 2.24) is 20.0 Å². The van der Waals surface area contributed by atoms with Gasteiger partial charge in [0.25, 0.3) is 5.91 Å². The zero-order valence-electron chi connectivity index (χ0n) is 23.4. The van der Waals surface area contributed by atoms with Crippen molar-refractivity contribution < 1.29 is 19.2 Å². The summed E-state index contributed by atoms with van der Waals surface area (Å²) >= 11 is 0. The van der Waals surface area contributed by atoms with E-state index in [1.807, 2.05) is 17.0 Å². The van der Waals surface area contributed by atoms with Gasteiger partial charge in [-0.1, -0.05) is 24.3 Å². The van der Waals surface area contributed by atoms with Gasteiger partial charge in [0.2, 0.25) is 17.7 Å². The Bertz CT molecular complexity index is 1380. The van der Waals surface area contributed by atoms with Gasteiger partial charge >= 0.3 is 0 Å². The highest BCUT2D eigenvalue weighted by Gasteiger charge is 2.41. The molecule has 5 aliphatic heterocycles. The molecular formula is C32H37N5O4. The Hall–Kier alpha value is -3.72. The maximum absolute atomic E-state index is 13.5. The third kappa shape index (κ3) is 4.90. The number of piperidine rings is 3. The molecule has 7 rings (SSSR count).